The summed E-state index contributed by atoms with van der Waals surface area (Å²) in [6.07, 6.45) is 2.64. The summed E-state index contributed by atoms with van der Waals surface area (Å²) in [7, 11) is 0. The van der Waals surface area contributed by atoms with Crippen LogP contribution in [0.25, 0.3) is 0 Å². The molecule has 0 bridgehead atoms. The maximum absolute atomic E-state index is 11.8. The summed E-state index contributed by atoms with van der Waals surface area (Å²) < 4.78 is 0. The van der Waals surface area contributed by atoms with Gasteiger partial charge in [-0.3, -0.25) is 9.59 Å². The van der Waals surface area contributed by atoms with Crippen molar-refractivity contribution >= 4 is 11.8 Å². The smallest absolute Gasteiger partial charge is 0.221 e. The lowest BCUT2D eigenvalue weighted by molar-refractivity contribution is -0.123. The van der Waals surface area contributed by atoms with Gasteiger partial charge in [-0.25, -0.2) is 0 Å². The van der Waals surface area contributed by atoms with Crippen LogP contribution in [-0.2, 0) is 9.59 Å². The van der Waals surface area contributed by atoms with Crippen molar-refractivity contribution in [2.24, 2.45) is 17.6 Å². The van der Waals surface area contributed by atoms with Gasteiger partial charge in [0, 0.05) is 25.4 Å². The Morgan fingerprint density at radius 3 is 2.30 bits per heavy atom. The summed E-state index contributed by atoms with van der Waals surface area (Å²) in [5.74, 6) is 0.733. The molecule has 4 N–H and O–H groups in total. The molecule has 2 amide bonds. The fraction of sp³-hybridized carbons (Fsp3) is 0.867. The molecule has 0 fully saturated rings. The van der Waals surface area contributed by atoms with Gasteiger partial charge in [0.2, 0.25) is 11.8 Å². The van der Waals surface area contributed by atoms with Crippen LogP contribution in [0, 0.1) is 11.8 Å². The molecule has 0 spiro atoms. The fourth-order valence-corrected chi connectivity index (χ4v) is 2.03. The zero-order valence-electron chi connectivity index (χ0n) is 13.4. The third-order valence-electron chi connectivity index (χ3n) is 3.31. The molecule has 0 heterocycles. The van der Waals surface area contributed by atoms with Crippen LogP contribution in [-0.4, -0.2) is 30.9 Å². The Labute approximate surface area is 123 Å². The van der Waals surface area contributed by atoms with Gasteiger partial charge in [-0.1, -0.05) is 20.8 Å². The minimum absolute atomic E-state index is 0.0163. The van der Waals surface area contributed by atoms with E-state index in [9.17, 15) is 9.59 Å². The van der Waals surface area contributed by atoms with Crippen molar-refractivity contribution in [3.63, 3.8) is 0 Å². The number of rotatable bonds is 10. The molecule has 20 heavy (non-hydrogen) atoms. The molecule has 2 atom stereocenters. The number of nitrogens with one attached hydrogen (secondary N) is 2. The van der Waals surface area contributed by atoms with Gasteiger partial charge in [0.25, 0.3) is 0 Å². The van der Waals surface area contributed by atoms with E-state index in [2.05, 4.69) is 24.5 Å². The molecule has 0 saturated heterocycles. The number of hydrogen-bond acceptors (Lipinski definition) is 3. The minimum Gasteiger partial charge on any atom is -0.356 e. The Bertz CT molecular complexity index is 293. The summed E-state index contributed by atoms with van der Waals surface area (Å²) in [5, 5.41) is 5.66. The lowest BCUT2D eigenvalue weighted by Crippen LogP contribution is -2.36. The standard InChI is InChI=1S/C15H31N3O2/c1-5-12(4)18-14(19)6-7-17-15(20)9-13(10-16)8-11(2)3/h11-13H,5-10,16H2,1-4H3,(H,17,20)(H,18,19). The summed E-state index contributed by atoms with van der Waals surface area (Å²) in [4.78, 5) is 23.3. The highest BCUT2D eigenvalue weighted by Crippen LogP contribution is 2.13. The highest BCUT2D eigenvalue weighted by atomic mass is 16.2. The van der Waals surface area contributed by atoms with E-state index in [4.69, 9.17) is 5.73 Å². The molecule has 0 rings (SSSR count). The van der Waals surface area contributed by atoms with Gasteiger partial charge in [0.15, 0.2) is 0 Å². The van der Waals surface area contributed by atoms with Gasteiger partial charge in [-0.2, -0.15) is 0 Å². The van der Waals surface area contributed by atoms with E-state index in [-0.39, 0.29) is 23.8 Å². The first-order valence-corrected chi connectivity index (χ1v) is 7.65. The molecule has 0 aliphatic carbocycles. The summed E-state index contributed by atoms with van der Waals surface area (Å²) >= 11 is 0. The molecule has 0 aliphatic rings. The van der Waals surface area contributed by atoms with Crippen LogP contribution in [0.3, 0.4) is 0 Å². The second kappa shape index (κ2) is 10.7. The second-order valence-corrected chi connectivity index (χ2v) is 5.91. The van der Waals surface area contributed by atoms with Crippen LogP contribution >= 0.6 is 0 Å². The number of carbonyl (C=O) groups is 2. The van der Waals surface area contributed by atoms with Gasteiger partial charge in [0.05, 0.1) is 0 Å². The van der Waals surface area contributed by atoms with Crippen molar-refractivity contribution in [1.29, 1.82) is 0 Å². The van der Waals surface area contributed by atoms with Crippen LogP contribution in [0.2, 0.25) is 0 Å². The quantitative estimate of drug-likeness (QED) is 0.567. The predicted octanol–water partition coefficient (Wildman–Crippen LogP) is 1.42. The summed E-state index contributed by atoms with van der Waals surface area (Å²) in [5.41, 5.74) is 5.67. The Morgan fingerprint density at radius 1 is 1.15 bits per heavy atom. The van der Waals surface area contributed by atoms with Crippen molar-refractivity contribution in [3.05, 3.63) is 0 Å². The molecular weight excluding hydrogens is 254 g/mol. The van der Waals surface area contributed by atoms with Crippen molar-refractivity contribution < 1.29 is 9.59 Å². The molecule has 118 valence electrons. The molecule has 0 aromatic carbocycles. The predicted molar refractivity (Wildman–Crippen MR) is 82.1 cm³/mol. The highest BCUT2D eigenvalue weighted by Gasteiger charge is 2.14. The number of hydrogen-bond donors (Lipinski definition) is 3. The third kappa shape index (κ3) is 9.78. The van der Waals surface area contributed by atoms with Gasteiger partial charge in [-0.15, -0.1) is 0 Å². The minimum atomic E-state index is -0.0165. The lowest BCUT2D eigenvalue weighted by atomic mass is 9.94. The third-order valence-corrected chi connectivity index (χ3v) is 3.31. The molecule has 0 aromatic heterocycles. The second-order valence-electron chi connectivity index (χ2n) is 5.91. The first kappa shape index (κ1) is 18.9. The van der Waals surface area contributed by atoms with E-state index in [1.54, 1.807) is 0 Å². The largest absolute Gasteiger partial charge is 0.356 e. The summed E-state index contributed by atoms with van der Waals surface area (Å²) in [6, 6.07) is 0.186. The fourth-order valence-electron chi connectivity index (χ4n) is 2.03. The lowest BCUT2D eigenvalue weighted by Gasteiger charge is -2.16. The first-order chi connectivity index (χ1) is 9.38. The Balaban J connectivity index is 3.84. The van der Waals surface area contributed by atoms with E-state index in [0.717, 1.165) is 12.8 Å². The van der Waals surface area contributed by atoms with Crippen molar-refractivity contribution in [2.45, 2.75) is 59.4 Å². The van der Waals surface area contributed by atoms with Crippen LogP contribution < -0.4 is 16.4 Å². The summed E-state index contributed by atoms with van der Waals surface area (Å²) in [6.45, 7) is 9.16. The molecule has 0 saturated carbocycles. The SMILES string of the molecule is CCC(C)NC(=O)CCNC(=O)CC(CN)CC(C)C. The van der Waals surface area contributed by atoms with Gasteiger partial charge >= 0.3 is 0 Å². The molecule has 0 radical (unpaired) electrons. The van der Waals surface area contributed by atoms with E-state index >= 15 is 0 Å². The van der Waals surface area contributed by atoms with Crippen LogP contribution in [0.1, 0.15) is 53.4 Å². The zero-order chi connectivity index (χ0) is 15.5. The van der Waals surface area contributed by atoms with Gasteiger partial charge < -0.3 is 16.4 Å². The molecule has 0 aliphatic heterocycles. The van der Waals surface area contributed by atoms with E-state index in [0.29, 0.717) is 31.8 Å². The van der Waals surface area contributed by atoms with E-state index < -0.39 is 0 Å². The van der Waals surface area contributed by atoms with Crippen molar-refractivity contribution in [3.8, 4) is 0 Å². The maximum atomic E-state index is 11.8. The monoisotopic (exact) mass is 285 g/mol. The molecule has 2 unspecified atom stereocenters. The normalized spacial score (nSPS) is 13.9. The number of amides is 2. The van der Waals surface area contributed by atoms with Gasteiger partial charge in [-0.05, 0) is 38.1 Å². The maximum Gasteiger partial charge on any atom is 0.221 e. The molecule has 5 heteroatoms. The van der Waals surface area contributed by atoms with Crippen molar-refractivity contribution in [1.82, 2.24) is 10.6 Å². The van der Waals surface area contributed by atoms with Crippen LogP contribution in [0.5, 0.6) is 0 Å². The van der Waals surface area contributed by atoms with Gasteiger partial charge in [0.1, 0.15) is 0 Å². The zero-order valence-corrected chi connectivity index (χ0v) is 13.4. The average Bonchev–Trinajstić information content (AvgIpc) is 2.37. The first-order valence-electron chi connectivity index (χ1n) is 7.65. The van der Waals surface area contributed by atoms with E-state index in [1.165, 1.54) is 0 Å². The van der Waals surface area contributed by atoms with Crippen LogP contribution in [0.15, 0.2) is 0 Å². The highest BCUT2D eigenvalue weighted by molar-refractivity contribution is 5.79. The Morgan fingerprint density at radius 2 is 1.80 bits per heavy atom. The Hall–Kier alpha value is -1.10. The topological polar surface area (TPSA) is 84.2 Å². The molecule has 5 nitrogen and oxygen atoms in total. The average molecular weight is 285 g/mol. The number of carbonyl (C=O) groups excluding carboxylic acids is 2. The van der Waals surface area contributed by atoms with Crippen molar-refractivity contribution in [2.75, 3.05) is 13.1 Å². The van der Waals surface area contributed by atoms with E-state index in [1.807, 2.05) is 13.8 Å². The van der Waals surface area contributed by atoms with Crippen LogP contribution in [0.4, 0.5) is 0 Å². The number of nitrogens with two attached hydrogens (primary N) is 1. The molecule has 0 aromatic rings. The molecular formula is C15H31N3O2. The Kier molecular flexibility index (Phi) is 10.1.